The summed E-state index contributed by atoms with van der Waals surface area (Å²) in [6.45, 7) is 2.23. The average Bonchev–Trinajstić information content (AvgIpc) is 2.52. The Balaban J connectivity index is 1.89. The molecule has 1 aromatic carbocycles. The molecular weight excluding hydrogens is 316 g/mol. The van der Waals surface area contributed by atoms with E-state index in [1.54, 1.807) is 0 Å². The number of likely N-dealkylation sites (N-methyl/N-ethyl adjacent to an activating group) is 1. The first-order valence-electron chi connectivity index (χ1n) is 7.80. The number of anilines is 1. The van der Waals surface area contributed by atoms with Crippen LogP contribution in [0.15, 0.2) is 30.3 Å². The number of para-hydroxylation sites is 1. The topological polar surface area (TPSA) is 77.9 Å². The zero-order valence-corrected chi connectivity index (χ0v) is 14.2. The van der Waals surface area contributed by atoms with Gasteiger partial charge in [-0.15, -0.1) is 0 Å². The van der Waals surface area contributed by atoms with Crippen LogP contribution >= 0.6 is 0 Å². The third-order valence-electron chi connectivity index (χ3n) is 4.24. The molecule has 7 heteroatoms. The van der Waals surface area contributed by atoms with Crippen molar-refractivity contribution in [3.05, 3.63) is 30.3 Å². The van der Waals surface area contributed by atoms with Gasteiger partial charge >= 0.3 is 5.97 Å². The van der Waals surface area contributed by atoms with Crippen LogP contribution in [0.3, 0.4) is 0 Å². The van der Waals surface area contributed by atoms with Gasteiger partial charge < -0.3 is 14.9 Å². The van der Waals surface area contributed by atoms with Crippen LogP contribution in [0, 0.1) is 0 Å². The lowest BCUT2D eigenvalue weighted by Crippen LogP contribution is -2.47. The van der Waals surface area contributed by atoms with E-state index in [0.29, 0.717) is 6.54 Å². The summed E-state index contributed by atoms with van der Waals surface area (Å²) in [4.78, 5) is 14.9. The van der Waals surface area contributed by atoms with Gasteiger partial charge in [0.05, 0.1) is 5.75 Å². The Kier molecular flexibility index (Phi) is 6.01. The Morgan fingerprint density at radius 1 is 1.35 bits per heavy atom. The number of carbonyl (C=O) groups is 1. The van der Waals surface area contributed by atoms with Crippen molar-refractivity contribution in [1.29, 1.82) is 0 Å². The molecule has 2 rings (SSSR count). The molecule has 6 nitrogen and oxygen atoms in total. The summed E-state index contributed by atoms with van der Waals surface area (Å²) in [7, 11) is -1.62. The van der Waals surface area contributed by atoms with Crippen molar-refractivity contribution in [1.82, 2.24) is 4.90 Å². The molecule has 1 atom stereocenters. The number of nitrogens with zero attached hydrogens (tertiary/aromatic N) is 2. The Labute approximate surface area is 137 Å². The summed E-state index contributed by atoms with van der Waals surface area (Å²) in [5.41, 5.74) is 1.18. The van der Waals surface area contributed by atoms with Gasteiger partial charge in [-0.1, -0.05) is 18.2 Å². The second kappa shape index (κ2) is 7.79. The first-order valence-corrected chi connectivity index (χ1v) is 9.62. The molecule has 0 spiro atoms. The van der Waals surface area contributed by atoms with E-state index in [-0.39, 0.29) is 11.8 Å². The summed E-state index contributed by atoms with van der Waals surface area (Å²) in [6.07, 6.45) is 2.09. The zero-order chi connectivity index (χ0) is 16.9. The summed E-state index contributed by atoms with van der Waals surface area (Å²) in [6, 6.07) is 10.5. The molecule has 1 heterocycles. The molecule has 0 aromatic heterocycles. The molecule has 0 amide bonds. The molecule has 0 bridgehead atoms. The largest absolute Gasteiger partial charge is 0.480 e. The van der Waals surface area contributed by atoms with E-state index in [2.05, 4.69) is 17.0 Å². The van der Waals surface area contributed by atoms with Crippen LogP contribution in [-0.2, 0) is 14.6 Å². The Morgan fingerprint density at radius 2 is 2.04 bits per heavy atom. The smallest absolute Gasteiger partial charge is 0.318 e. The first kappa shape index (κ1) is 17.7. The van der Waals surface area contributed by atoms with E-state index in [1.165, 1.54) is 5.69 Å². The first-order chi connectivity index (χ1) is 10.9. The SMILES string of the molecule is CN(CCS(=O)(=O)CC(=O)O)C1CCCN(c2ccccc2)C1. The fraction of sp³-hybridized carbons (Fsp3) is 0.562. The van der Waals surface area contributed by atoms with Crippen LogP contribution < -0.4 is 4.90 Å². The predicted octanol–water partition coefficient (Wildman–Crippen LogP) is 1.09. The summed E-state index contributed by atoms with van der Waals surface area (Å²) in [5, 5.41) is 8.62. The number of sulfone groups is 1. The molecule has 0 saturated carbocycles. The normalized spacial score (nSPS) is 19.0. The van der Waals surface area contributed by atoms with Crippen LogP contribution in [0.1, 0.15) is 12.8 Å². The van der Waals surface area contributed by atoms with E-state index in [4.69, 9.17) is 5.11 Å². The molecule has 1 unspecified atom stereocenters. The van der Waals surface area contributed by atoms with Crippen LogP contribution in [0.5, 0.6) is 0 Å². The number of carboxylic acids is 1. The van der Waals surface area contributed by atoms with Gasteiger partial charge in [0.2, 0.25) is 0 Å². The highest BCUT2D eigenvalue weighted by molar-refractivity contribution is 7.92. The van der Waals surface area contributed by atoms with Crippen LogP contribution in [0.4, 0.5) is 5.69 Å². The molecule has 0 radical (unpaired) electrons. The maximum atomic E-state index is 11.7. The highest BCUT2D eigenvalue weighted by Crippen LogP contribution is 2.21. The number of aliphatic carboxylic acids is 1. The Hall–Kier alpha value is -1.60. The van der Waals surface area contributed by atoms with E-state index in [9.17, 15) is 13.2 Å². The second-order valence-electron chi connectivity index (χ2n) is 6.04. The number of carboxylic acid groups (broad SMARTS) is 1. The summed E-state index contributed by atoms with van der Waals surface area (Å²) >= 11 is 0. The van der Waals surface area contributed by atoms with Gasteiger partial charge in [-0.05, 0) is 32.0 Å². The number of hydrogen-bond donors (Lipinski definition) is 1. The van der Waals surface area contributed by atoms with Crippen molar-refractivity contribution in [2.24, 2.45) is 0 Å². The second-order valence-corrected chi connectivity index (χ2v) is 8.23. The van der Waals surface area contributed by atoms with E-state index in [1.807, 2.05) is 30.1 Å². The lowest BCUT2D eigenvalue weighted by molar-refractivity contribution is -0.134. The van der Waals surface area contributed by atoms with Crippen molar-refractivity contribution in [2.45, 2.75) is 18.9 Å². The monoisotopic (exact) mass is 340 g/mol. The predicted molar refractivity (Wildman–Crippen MR) is 90.6 cm³/mol. The average molecular weight is 340 g/mol. The van der Waals surface area contributed by atoms with Crippen LogP contribution in [0.25, 0.3) is 0 Å². The molecular formula is C16H24N2O4S. The lowest BCUT2D eigenvalue weighted by atomic mass is 10.0. The standard InChI is InChI=1S/C16H24N2O4S/c1-17(10-11-23(21,22)13-16(19)20)15-8-5-9-18(12-15)14-6-3-2-4-7-14/h2-4,6-7,15H,5,8-13H2,1H3,(H,19,20). The van der Waals surface area contributed by atoms with Crippen LogP contribution in [0.2, 0.25) is 0 Å². The third-order valence-corrected chi connectivity index (χ3v) is 5.73. The molecule has 0 aliphatic carbocycles. The van der Waals surface area contributed by atoms with E-state index in [0.717, 1.165) is 25.9 Å². The number of hydrogen-bond acceptors (Lipinski definition) is 5. The van der Waals surface area contributed by atoms with Gasteiger partial charge in [-0.3, -0.25) is 4.79 Å². The Bertz CT molecular complexity index is 618. The quantitative estimate of drug-likeness (QED) is 0.800. The van der Waals surface area contributed by atoms with Crippen molar-refractivity contribution in [3.63, 3.8) is 0 Å². The third kappa shape index (κ3) is 5.51. The maximum absolute atomic E-state index is 11.7. The van der Waals surface area contributed by atoms with Gasteiger partial charge in [-0.25, -0.2) is 8.42 Å². The van der Waals surface area contributed by atoms with Crippen molar-refractivity contribution < 1.29 is 18.3 Å². The highest BCUT2D eigenvalue weighted by atomic mass is 32.2. The van der Waals surface area contributed by atoms with Crippen LogP contribution in [-0.4, -0.2) is 68.6 Å². The van der Waals surface area contributed by atoms with Gasteiger partial charge in [0.1, 0.15) is 5.75 Å². The van der Waals surface area contributed by atoms with E-state index < -0.39 is 21.6 Å². The molecule has 1 saturated heterocycles. The highest BCUT2D eigenvalue weighted by Gasteiger charge is 2.25. The number of rotatable bonds is 7. The molecule has 1 N–H and O–H groups in total. The Morgan fingerprint density at radius 3 is 2.70 bits per heavy atom. The van der Waals surface area contributed by atoms with Gasteiger partial charge in [-0.2, -0.15) is 0 Å². The fourth-order valence-corrected chi connectivity index (χ4v) is 4.00. The minimum absolute atomic E-state index is 0.113. The van der Waals surface area contributed by atoms with Crippen molar-refractivity contribution in [3.8, 4) is 0 Å². The van der Waals surface area contributed by atoms with Gasteiger partial charge in [0.15, 0.2) is 9.84 Å². The maximum Gasteiger partial charge on any atom is 0.318 e. The van der Waals surface area contributed by atoms with Gasteiger partial charge in [0.25, 0.3) is 0 Å². The molecule has 128 valence electrons. The minimum atomic E-state index is -3.54. The minimum Gasteiger partial charge on any atom is -0.480 e. The van der Waals surface area contributed by atoms with Crippen molar-refractivity contribution in [2.75, 3.05) is 43.1 Å². The molecule has 1 aromatic rings. The molecule has 1 aliphatic heterocycles. The zero-order valence-electron chi connectivity index (χ0n) is 13.4. The number of piperidine rings is 1. The fourth-order valence-electron chi connectivity index (χ4n) is 2.91. The van der Waals surface area contributed by atoms with Crippen molar-refractivity contribution >= 4 is 21.5 Å². The summed E-state index contributed by atoms with van der Waals surface area (Å²) < 4.78 is 23.4. The van der Waals surface area contributed by atoms with Gasteiger partial charge in [0, 0.05) is 31.4 Å². The molecule has 1 fully saturated rings. The summed E-state index contributed by atoms with van der Waals surface area (Å²) in [5.74, 6) is -2.19. The molecule has 23 heavy (non-hydrogen) atoms. The molecule has 1 aliphatic rings. The number of benzene rings is 1. The van der Waals surface area contributed by atoms with E-state index >= 15 is 0 Å². The lowest BCUT2D eigenvalue weighted by Gasteiger charge is -2.38.